The molecule has 0 spiro atoms. The molecular formula is C9H52O19Re6-4. The molecule has 0 atom stereocenters. The molecule has 19 nitrogen and oxygen atoms in total. The van der Waals surface area contributed by atoms with Gasteiger partial charge in [0, 0.05) is 164 Å². The summed E-state index contributed by atoms with van der Waals surface area (Å²) < 4.78 is 0. The fraction of sp³-hybridized carbons (Fsp3) is 0.556. The van der Waals surface area contributed by atoms with E-state index in [0.29, 0.717) is 0 Å². The minimum atomic E-state index is 0. The Balaban J connectivity index is -0.000000000833. The molecule has 0 rings (SSSR count). The van der Waals surface area contributed by atoms with Gasteiger partial charge in [0.05, 0.1) is 0 Å². The summed E-state index contributed by atoms with van der Waals surface area (Å²) in [6, 6.07) is 0. The Hall–Kier alpha value is 2.05. The second kappa shape index (κ2) is 9640. The molecule has 0 aliphatic carbocycles. The second-order valence-electron chi connectivity index (χ2n) is 0. The van der Waals surface area contributed by atoms with Crippen LogP contribution < -0.4 is 0 Å². The summed E-state index contributed by atoms with van der Waals surface area (Å²) in [5.74, 6) is 0. The van der Waals surface area contributed by atoms with Crippen LogP contribution in [0.3, 0.4) is 0 Å². The quantitative estimate of drug-likeness (QED) is 0.113. The molecule has 0 heterocycles. The molecule has 0 aromatic heterocycles. The van der Waals surface area contributed by atoms with Gasteiger partial charge in [0.25, 0.3) is 0 Å². The van der Waals surface area contributed by atoms with Crippen LogP contribution in [0.25, 0.3) is 0 Å². The summed E-state index contributed by atoms with van der Waals surface area (Å²) in [5, 5.41) is 35.0. The molecule has 0 bridgehead atoms. The SMILES string of the molecule is CO.CO.CO.CO.CO.O.O.O.O.O.O.O.O.O.O.[CH-]=O.[CH-]=O.[CH-]=O.[CH-]=O.[HH].[HH].[HH].[HH].[Re].[Re].[Re].[Re].[Re].[Re]. The summed E-state index contributed by atoms with van der Waals surface area (Å²) in [6.07, 6.45) is 0. The van der Waals surface area contributed by atoms with Crippen LogP contribution in [0, 0.1) is 0 Å². The van der Waals surface area contributed by atoms with E-state index in [0.717, 1.165) is 35.5 Å². The van der Waals surface area contributed by atoms with Crippen LogP contribution in [-0.2, 0) is 142 Å². The molecule has 0 aliphatic heterocycles. The third-order valence-electron chi connectivity index (χ3n) is 0. The van der Waals surface area contributed by atoms with E-state index in [2.05, 4.69) is 27.2 Å². The van der Waals surface area contributed by atoms with E-state index in [1.807, 2.05) is 0 Å². The van der Waals surface area contributed by atoms with Gasteiger partial charge in [0.1, 0.15) is 0 Å². The van der Waals surface area contributed by atoms with Gasteiger partial charge in [-0.1, -0.05) is 0 Å². The zero-order valence-corrected chi connectivity index (χ0v) is 34.7. The van der Waals surface area contributed by atoms with Crippen LogP contribution in [0.4, 0.5) is 0 Å². The first-order chi connectivity index (χ1) is 9.00. The molecule has 0 aliphatic rings. The zero-order chi connectivity index (χ0) is 18.0. The predicted molar refractivity (Wildman–Crippen MR) is 112 cm³/mol. The van der Waals surface area contributed by atoms with Gasteiger partial charge < -0.3 is 99.5 Å². The minimum absolute atomic E-state index is 0. The Morgan fingerprint density at radius 3 is 0.265 bits per heavy atom. The van der Waals surface area contributed by atoms with Crippen LogP contribution in [0.15, 0.2) is 0 Å². The number of rotatable bonds is 0. The van der Waals surface area contributed by atoms with Crippen LogP contribution in [0.5, 0.6) is 0 Å². The molecule has 25 N–H and O–H groups in total. The maximum Gasteiger partial charge on any atom is 0.0319 e. The topological polar surface area (TPSA) is 484 Å². The number of hydrogen-bond acceptors (Lipinski definition) is 9. The minimum Gasteiger partial charge on any atom is -0.545 e. The maximum atomic E-state index is 7.75. The van der Waals surface area contributed by atoms with E-state index in [1.54, 1.807) is 0 Å². The summed E-state index contributed by atoms with van der Waals surface area (Å²) in [4.78, 5) is 31.0. The summed E-state index contributed by atoms with van der Waals surface area (Å²) in [5.41, 5.74) is 0. The van der Waals surface area contributed by atoms with Crippen LogP contribution >= 0.6 is 0 Å². The van der Waals surface area contributed by atoms with Gasteiger partial charge in [0.2, 0.25) is 0 Å². The van der Waals surface area contributed by atoms with Crippen LogP contribution in [0.2, 0.25) is 0 Å². The molecule has 6 radical (unpaired) electrons. The number of aliphatic hydroxyl groups excluding tert-OH is 5. The van der Waals surface area contributed by atoms with E-state index in [-0.39, 0.29) is 183 Å². The van der Waals surface area contributed by atoms with E-state index in [9.17, 15) is 0 Å². The van der Waals surface area contributed by atoms with E-state index < -0.39 is 0 Å². The molecule has 25 heteroatoms. The molecule has 0 unspecified atom stereocenters. The maximum absolute atomic E-state index is 7.75. The first kappa shape index (κ1) is 363. The summed E-state index contributed by atoms with van der Waals surface area (Å²) in [7, 11) is 5.00. The van der Waals surface area contributed by atoms with Crippen molar-refractivity contribution in [3.05, 3.63) is 0 Å². The van der Waals surface area contributed by atoms with Gasteiger partial charge in [-0.25, -0.2) is 0 Å². The van der Waals surface area contributed by atoms with E-state index in [1.165, 1.54) is 0 Å². The van der Waals surface area contributed by atoms with Crippen molar-refractivity contribution in [2.45, 2.75) is 0 Å². The average Bonchev–Trinajstić information content (AvgIpc) is 2.63. The first-order valence-electron chi connectivity index (χ1n) is 3.18. The Morgan fingerprint density at radius 1 is 0.265 bits per heavy atom. The summed E-state index contributed by atoms with van der Waals surface area (Å²) in [6.45, 7) is 13.0. The van der Waals surface area contributed by atoms with Crippen molar-refractivity contribution in [1.29, 1.82) is 0 Å². The molecular weight excluding hydrogens is 1530 g/mol. The Labute approximate surface area is 288 Å². The van der Waals surface area contributed by atoms with Crippen LogP contribution in [0.1, 0.15) is 5.71 Å². The van der Waals surface area contributed by atoms with Crippen LogP contribution in [-0.4, -0.2) is 143 Å². The van der Waals surface area contributed by atoms with Crippen molar-refractivity contribution >= 4 is 27.2 Å². The van der Waals surface area contributed by atoms with E-state index >= 15 is 0 Å². The Kier molecular flexibility index (Phi) is 103000. The van der Waals surface area contributed by atoms with Crippen molar-refractivity contribution in [1.82, 2.24) is 0 Å². The zero-order valence-electron chi connectivity index (χ0n) is 18.4. The Morgan fingerprint density at radius 2 is 0.265 bits per heavy atom. The number of hydrogen-bond donors (Lipinski definition) is 5. The van der Waals surface area contributed by atoms with Gasteiger partial charge in [0.15, 0.2) is 0 Å². The van der Waals surface area contributed by atoms with Gasteiger partial charge in [-0.2, -0.15) is 0 Å². The molecule has 0 saturated heterocycles. The van der Waals surface area contributed by atoms with Crippen molar-refractivity contribution < 1.29 is 228 Å². The van der Waals surface area contributed by atoms with Crippen molar-refractivity contribution in [3.63, 3.8) is 0 Å². The summed E-state index contributed by atoms with van der Waals surface area (Å²) >= 11 is 0. The monoisotopic (exact) mass is 1590 g/mol. The normalized spacial score (nSPS) is 1.35. The van der Waals surface area contributed by atoms with Crippen molar-refractivity contribution in [2.24, 2.45) is 0 Å². The Bertz CT molecular complexity index is 74.7. The number of aliphatic hydroxyl groups is 5. The van der Waals surface area contributed by atoms with Gasteiger partial charge in [-0.3, -0.25) is 27.2 Å². The second-order valence-corrected chi connectivity index (χ2v) is 0. The smallest absolute Gasteiger partial charge is 0.0319 e. The molecule has 0 amide bonds. The largest absolute Gasteiger partial charge is 0.545 e. The fourth-order valence-electron chi connectivity index (χ4n) is 0. The molecule has 0 aromatic carbocycles. The molecule has 0 aromatic rings. The third kappa shape index (κ3) is 8820. The molecule has 0 fully saturated rings. The van der Waals surface area contributed by atoms with Gasteiger partial charge >= 0.3 is 0 Å². The third-order valence-corrected chi connectivity index (χ3v) is 0. The molecule has 0 saturated carbocycles. The molecule has 248 valence electrons. The van der Waals surface area contributed by atoms with E-state index in [4.69, 9.17) is 44.7 Å². The predicted octanol–water partition coefficient (Wildman–Crippen LogP) is -10.3. The van der Waals surface area contributed by atoms with Gasteiger partial charge in [-0.15, -0.1) is 0 Å². The van der Waals surface area contributed by atoms with Crippen molar-refractivity contribution in [2.75, 3.05) is 35.5 Å². The van der Waals surface area contributed by atoms with Gasteiger partial charge in [-0.05, 0) is 0 Å². The first-order valence-corrected chi connectivity index (χ1v) is 3.18. The fourth-order valence-corrected chi connectivity index (χ4v) is 0. The molecule has 34 heavy (non-hydrogen) atoms. The van der Waals surface area contributed by atoms with Crippen molar-refractivity contribution in [3.8, 4) is 0 Å². The standard InChI is InChI=1S/5CH4O.4CHO.10H2O.6Re.4H2/c9*1-2;;;;;;;;;;;;;;;;;;;;/h5*2H,1H3;4*1H;10*1H2;;;;;;;4*1H/q;;;;;4*-1;;;;;;;;;;;;;;;;;;;;. The number of carbonyl (C=O) groups excluding carboxylic acids is 4. The average molecular weight is 1580 g/mol.